The smallest absolute Gasteiger partial charge is 0.255 e. The highest BCUT2D eigenvalue weighted by Gasteiger charge is 2.19. The molecule has 0 saturated carbocycles. The first-order valence-electron chi connectivity index (χ1n) is 9.34. The minimum Gasteiger partial charge on any atom is -0.343 e. The van der Waals surface area contributed by atoms with Gasteiger partial charge in [-0.2, -0.15) is 0 Å². The van der Waals surface area contributed by atoms with E-state index < -0.39 is 15.1 Å². The molecule has 0 bridgehead atoms. The number of nitrogens with one attached hydrogen (secondary N) is 1. The second-order valence-corrected chi connectivity index (χ2v) is 9.49. The van der Waals surface area contributed by atoms with Gasteiger partial charge in [-0.15, -0.1) is 0 Å². The van der Waals surface area contributed by atoms with E-state index in [0.717, 1.165) is 11.4 Å². The molecule has 0 aromatic heterocycles. The number of para-hydroxylation sites is 3. The molecule has 0 radical (unpaired) electrons. The number of carbonyl (C=O) groups is 1. The average molecular weight is 409 g/mol. The fraction of sp³-hybridized carbons (Fsp3) is 0.174. The number of benzene rings is 3. The summed E-state index contributed by atoms with van der Waals surface area (Å²) >= 11 is 0. The van der Waals surface area contributed by atoms with Crippen molar-refractivity contribution in [1.82, 2.24) is 0 Å². The van der Waals surface area contributed by atoms with Crippen LogP contribution >= 0.6 is 0 Å². The first-order chi connectivity index (χ1) is 13.8. The topological polar surface area (TPSA) is 66.5 Å². The molecule has 0 saturated heterocycles. The zero-order chi connectivity index (χ0) is 21.0. The Bertz CT molecular complexity index is 1090. The summed E-state index contributed by atoms with van der Waals surface area (Å²) in [6.07, 6.45) is 0. The van der Waals surface area contributed by atoms with Crippen molar-refractivity contribution < 1.29 is 13.2 Å². The van der Waals surface area contributed by atoms with Gasteiger partial charge in [-0.1, -0.05) is 30.3 Å². The number of nitrogens with zero attached hydrogens (tertiary/aromatic N) is 1. The summed E-state index contributed by atoms with van der Waals surface area (Å²) in [5.74, 6) is -0.299. The van der Waals surface area contributed by atoms with E-state index in [-0.39, 0.29) is 10.8 Å². The molecule has 0 atom stereocenters. The second kappa shape index (κ2) is 8.49. The van der Waals surface area contributed by atoms with Crippen molar-refractivity contribution in [3.05, 3.63) is 84.4 Å². The lowest BCUT2D eigenvalue weighted by atomic mass is 10.2. The third kappa shape index (κ3) is 4.49. The zero-order valence-corrected chi connectivity index (χ0v) is 17.5. The fourth-order valence-corrected chi connectivity index (χ4v) is 3.98. The summed E-state index contributed by atoms with van der Waals surface area (Å²) < 4.78 is 24.5. The SMILES string of the molecule is CC(C)S(=O)(=O)c1ccc(C(=O)Nc2ccccc2N(C)c2ccccc2)cc1. The summed E-state index contributed by atoms with van der Waals surface area (Å²) in [5.41, 5.74) is 2.91. The van der Waals surface area contributed by atoms with Gasteiger partial charge in [0.1, 0.15) is 0 Å². The molecule has 3 aromatic rings. The van der Waals surface area contributed by atoms with Gasteiger partial charge in [0.25, 0.3) is 5.91 Å². The van der Waals surface area contributed by atoms with Crippen molar-refractivity contribution in [2.45, 2.75) is 24.0 Å². The van der Waals surface area contributed by atoms with Gasteiger partial charge in [0.05, 0.1) is 21.5 Å². The van der Waals surface area contributed by atoms with E-state index in [0.29, 0.717) is 11.3 Å². The van der Waals surface area contributed by atoms with Gasteiger partial charge in [0, 0.05) is 18.3 Å². The Morgan fingerprint density at radius 2 is 1.45 bits per heavy atom. The number of hydrogen-bond acceptors (Lipinski definition) is 4. The molecule has 3 rings (SSSR count). The highest BCUT2D eigenvalue weighted by atomic mass is 32.2. The summed E-state index contributed by atoms with van der Waals surface area (Å²) in [5, 5.41) is 2.42. The predicted molar refractivity (Wildman–Crippen MR) is 118 cm³/mol. The molecule has 5 nitrogen and oxygen atoms in total. The van der Waals surface area contributed by atoms with Gasteiger partial charge < -0.3 is 10.2 Å². The largest absolute Gasteiger partial charge is 0.343 e. The number of hydrogen-bond donors (Lipinski definition) is 1. The van der Waals surface area contributed by atoms with Crippen LogP contribution in [0.1, 0.15) is 24.2 Å². The quantitative estimate of drug-likeness (QED) is 0.631. The molecule has 6 heteroatoms. The number of carbonyl (C=O) groups excluding carboxylic acids is 1. The van der Waals surface area contributed by atoms with E-state index in [1.807, 2.05) is 66.5 Å². The molecule has 29 heavy (non-hydrogen) atoms. The summed E-state index contributed by atoms with van der Waals surface area (Å²) in [6.45, 7) is 3.27. The molecule has 150 valence electrons. The zero-order valence-electron chi connectivity index (χ0n) is 16.7. The van der Waals surface area contributed by atoms with Crippen LogP contribution in [0.3, 0.4) is 0 Å². The molecular weight excluding hydrogens is 384 g/mol. The monoisotopic (exact) mass is 408 g/mol. The maximum Gasteiger partial charge on any atom is 0.255 e. The Labute approximate surface area is 171 Å². The molecular formula is C23H24N2O3S. The fourth-order valence-electron chi connectivity index (χ4n) is 2.93. The Morgan fingerprint density at radius 3 is 2.07 bits per heavy atom. The van der Waals surface area contributed by atoms with Crippen LogP contribution in [0.4, 0.5) is 17.1 Å². The highest BCUT2D eigenvalue weighted by Crippen LogP contribution is 2.30. The van der Waals surface area contributed by atoms with Crippen molar-refractivity contribution in [2.24, 2.45) is 0 Å². The molecule has 0 aliphatic heterocycles. The van der Waals surface area contributed by atoms with Crippen molar-refractivity contribution in [3.8, 4) is 0 Å². The van der Waals surface area contributed by atoms with Crippen LogP contribution in [0, 0.1) is 0 Å². The van der Waals surface area contributed by atoms with Crippen molar-refractivity contribution in [2.75, 3.05) is 17.3 Å². The van der Waals surface area contributed by atoms with Crippen LogP contribution in [-0.4, -0.2) is 26.6 Å². The van der Waals surface area contributed by atoms with E-state index in [1.54, 1.807) is 13.8 Å². The first kappa shape index (κ1) is 20.6. The van der Waals surface area contributed by atoms with Crippen LogP contribution in [-0.2, 0) is 9.84 Å². The Morgan fingerprint density at radius 1 is 0.862 bits per heavy atom. The van der Waals surface area contributed by atoms with E-state index in [1.165, 1.54) is 24.3 Å². The molecule has 0 aliphatic rings. The Hall–Kier alpha value is -3.12. The molecule has 0 heterocycles. The summed E-state index contributed by atoms with van der Waals surface area (Å²) in [7, 11) is -1.43. The molecule has 1 amide bonds. The van der Waals surface area contributed by atoms with E-state index in [2.05, 4.69) is 5.32 Å². The molecule has 0 unspecified atom stereocenters. The lowest BCUT2D eigenvalue weighted by Crippen LogP contribution is -2.17. The van der Waals surface area contributed by atoms with Crippen molar-refractivity contribution in [1.29, 1.82) is 0 Å². The van der Waals surface area contributed by atoms with Gasteiger partial charge in [0.15, 0.2) is 9.84 Å². The van der Waals surface area contributed by atoms with Gasteiger partial charge in [-0.3, -0.25) is 4.79 Å². The van der Waals surface area contributed by atoms with Crippen LogP contribution < -0.4 is 10.2 Å². The highest BCUT2D eigenvalue weighted by molar-refractivity contribution is 7.92. The van der Waals surface area contributed by atoms with Crippen LogP contribution in [0.5, 0.6) is 0 Å². The maximum atomic E-state index is 12.7. The van der Waals surface area contributed by atoms with Crippen molar-refractivity contribution >= 4 is 32.8 Å². The van der Waals surface area contributed by atoms with E-state index in [4.69, 9.17) is 0 Å². The molecule has 0 aliphatic carbocycles. The van der Waals surface area contributed by atoms with Gasteiger partial charge in [-0.25, -0.2) is 8.42 Å². The molecule has 3 aromatic carbocycles. The molecule has 0 fully saturated rings. The third-order valence-electron chi connectivity index (χ3n) is 4.72. The number of rotatable bonds is 6. The Balaban J connectivity index is 1.83. The minimum absolute atomic E-state index is 0.216. The molecule has 1 N–H and O–H groups in total. The summed E-state index contributed by atoms with van der Waals surface area (Å²) in [6, 6.07) is 23.4. The maximum absolute atomic E-state index is 12.7. The third-order valence-corrected chi connectivity index (χ3v) is 6.89. The predicted octanol–water partition coefficient (Wildman–Crippen LogP) is 4.89. The number of sulfone groups is 1. The lowest BCUT2D eigenvalue weighted by Gasteiger charge is -2.22. The van der Waals surface area contributed by atoms with Gasteiger partial charge in [-0.05, 0) is 62.4 Å². The van der Waals surface area contributed by atoms with Crippen LogP contribution in [0.15, 0.2) is 83.8 Å². The minimum atomic E-state index is -3.37. The average Bonchev–Trinajstić information content (AvgIpc) is 2.74. The van der Waals surface area contributed by atoms with E-state index >= 15 is 0 Å². The first-order valence-corrected chi connectivity index (χ1v) is 10.9. The second-order valence-electron chi connectivity index (χ2n) is 6.98. The normalized spacial score (nSPS) is 11.3. The number of amides is 1. The standard InChI is InChI=1S/C23H24N2O3S/c1-17(2)29(27,28)20-15-13-18(14-16-20)23(26)24-21-11-7-8-12-22(21)25(3)19-9-5-4-6-10-19/h4-17H,1-3H3,(H,24,26). The van der Waals surface area contributed by atoms with E-state index in [9.17, 15) is 13.2 Å². The van der Waals surface area contributed by atoms with Crippen LogP contribution in [0.2, 0.25) is 0 Å². The lowest BCUT2D eigenvalue weighted by molar-refractivity contribution is 0.102. The van der Waals surface area contributed by atoms with Gasteiger partial charge in [0.2, 0.25) is 0 Å². The molecule has 0 spiro atoms. The summed E-state index contributed by atoms with van der Waals surface area (Å²) in [4.78, 5) is 15.0. The number of anilines is 3. The van der Waals surface area contributed by atoms with Gasteiger partial charge >= 0.3 is 0 Å². The Kier molecular flexibility index (Phi) is 6.03. The van der Waals surface area contributed by atoms with Crippen LogP contribution in [0.25, 0.3) is 0 Å². The van der Waals surface area contributed by atoms with Crippen molar-refractivity contribution in [3.63, 3.8) is 0 Å².